The van der Waals surface area contributed by atoms with Gasteiger partial charge in [0.2, 0.25) is 5.91 Å². The van der Waals surface area contributed by atoms with Gasteiger partial charge in [0.25, 0.3) is 0 Å². The predicted octanol–water partition coefficient (Wildman–Crippen LogP) is 1.92. The van der Waals surface area contributed by atoms with Crippen molar-refractivity contribution in [3.63, 3.8) is 0 Å². The number of hydrogen-bond acceptors (Lipinski definition) is 4. The van der Waals surface area contributed by atoms with Crippen molar-refractivity contribution in [1.82, 2.24) is 5.32 Å². The monoisotopic (exact) mass is 261 g/mol. The molecule has 0 aromatic heterocycles. The second-order valence-corrected chi connectivity index (χ2v) is 4.11. The molecule has 5 heteroatoms. The summed E-state index contributed by atoms with van der Waals surface area (Å²) in [5.74, 6) is 0.633. The van der Waals surface area contributed by atoms with E-state index in [1.807, 2.05) is 19.1 Å². The minimum atomic E-state index is -0.537. The van der Waals surface area contributed by atoms with Crippen LogP contribution >= 0.6 is 0 Å². The molecular weight excluding hydrogens is 242 g/mol. The summed E-state index contributed by atoms with van der Waals surface area (Å²) in [4.78, 5) is 11.5. The molecule has 1 amide bonds. The minimum absolute atomic E-state index is 0.116. The summed E-state index contributed by atoms with van der Waals surface area (Å²) < 4.78 is 5.05. The standard InChI is InChI=1S/C14H19N3O2/c1-3-8-16-14(18)9-12(10-15)17-11-4-6-13(19-2)7-5-11/h4-7,12,17H,3,8-9H2,1-2H3,(H,16,18). The summed E-state index contributed by atoms with van der Waals surface area (Å²) >= 11 is 0. The van der Waals surface area contributed by atoms with Crippen molar-refractivity contribution in [1.29, 1.82) is 5.26 Å². The van der Waals surface area contributed by atoms with Crippen LogP contribution in [-0.4, -0.2) is 25.6 Å². The zero-order valence-corrected chi connectivity index (χ0v) is 11.3. The van der Waals surface area contributed by atoms with E-state index in [1.54, 1.807) is 19.2 Å². The number of hydrogen-bond donors (Lipinski definition) is 2. The van der Waals surface area contributed by atoms with Gasteiger partial charge in [-0.1, -0.05) is 6.92 Å². The maximum atomic E-state index is 11.5. The summed E-state index contributed by atoms with van der Waals surface area (Å²) in [6.45, 7) is 2.62. The SMILES string of the molecule is CCCNC(=O)CC(C#N)Nc1ccc(OC)cc1. The smallest absolute Gasteiger partial charge is 0.223 e. The lowest BCUT2D eigenvalue weighted by molar-refractivity contribution is -0.121. The van der Waals surface area contributed by atoms with Crippen LogP contribution in [0, 0.1) is 11.3 Å². The molecule has 1 unspecified atom stereocenters. The molecule has 0 saturated heterocycles. The molecule has 1 aromatic carbocycles. The molecule has 1 rings (SSSR count). The molecule has 2 N–H and O–H groups in total. The molecule has 0 aliphatic rings. The van der Waals surface area contributed by atoms with Crippen LogP contribution in [0.5, 0.6) is 5.75 Å². The number of benzene rings is 1. The number of amides is 1. The Morgan fingerprint density at radius 1 is 1.42 bits per heavy atom. The fraction of sp³-hybridized carbons (Fsp3) is 0.429. The van der Waals surface area contributed by atoms with Crippen LogP contribution < -0.4 is 15.4 Å². The van der Waals surface area contributed by atoms with E-state index in [0.717, 1.165) is 17.9 Å². The van der Waals surface area contributed by atoms with Crippen molar-refractivity contribution in [3.8, 4) is 11.8 Å². The number of nitrogens with one attached hydrogen (secondary N) is 2. The molecular formula is C14H19N3O2. The number of nitriles is 1. The number of carbonyl (C=O) groups excluding carboxylic acids is 1. The van der Waals surface area contributed by atoms with Gasteiger partial charge in [-0.3, -0.25) is 4.79 Å². The highest BCUT2D eigenvalue weighted by molar-refractivity contribution is 5.77. The molecule has 19 heavy (non-hydrogen) atoms. The van der Waals surface area contributed by atoms with Crippen molar-refractivity contribution >= 4 is 11.6 Å². The third-order valence-corrected chi connectivity index (χ3v) is 2.55. The first kappa shape index (κ1) is 14.8. The Morgan fingerprint density at radius 2 is 2.11 bits per heavy atom. The van der Waals surface area contributed by atoms with Gasteiger partial charge < -0.3 is 15.4 Å². The molecule has 1 aromatic rings. The number of methoxy groups -OCH3 is 1. The molecule has 102 valence electrons. The van der Waals surface area contributed by atoms with Gasteiger partial charge in [-0.25, -0.2) is 0 Å². The summed E-state index contributed by atoms with van der Waals surface area (Å²) in [7, 11) is 1.60. The molecule has 1 atom stereocenters. The normalized spacial score (nSPS) is 11.2. The molecule has 5 nitrogen and oxygen atoms in total. The van der Waals surface area contributed by atoms with Crippen molar-refractivity contribution in [2.45, 2.75) is 25.8 Å². The second-order valence-electron chi connectivity index (χ2n) is 4.11. The van der Waals surface area contributed by atoms with Gasteiger partial charge in [0.05, 0.1) is 19.6 Å². The Bertz CT molecular complexity index is 437. The van der Waals surface area contributed by atoms with Gasteiger partial charge in [0.15, 0.2) is 0 Å². The first-order valence-corrected chi connectivity index (χ1v) is 6.26. The Morgan fingerprint density at radius 3 is 2.63 bits per heavy atom. The van der Waals surface area contributed by atoms with E-state index in [2.05, 4.69) is 16.7 Å². The number of nitrogens with zero attached hydrogens (tertiary/aromatic N) is 1. The largest absolute Gasteiger partial charge is 0.497 e. The molecule has 0 aliphatic carbocycles. The Balaban J connectivity index is 2.51. The second kappa shape index (κ2) is 7.98. The summed E-state index contributed by atoms with van der Waals surface area (Å²) in [5.41, 5.74) is 0.788. The maximum Gasteiger partial charge on any atom is 0.223 e. The minimum Gasteiger partial charge on any atom is -0.497 e. The third kappa shape index (κ3) is 5.30. The van der Waals surface area contributed by atoms with E-state index in [9.17, 15) is 4.79 Å². The third-order valence-electron chi connectivity index (χ3n) is 2.55. The van der Waals surface area contributed by atoms with Gasteiger partial charge in [-0.05, 0) is 30.7 Å². The van der Waals surface area contributed by atoms with E-state index in [-0.39, 0.29) is 12.3 Å². The van der Waals surface area contributed by atoms with Crippen molar-refractivity contribution < 1.29 is 9.53 Å². The van der Waals surface area contributed by atoms with Crippen LogP contribution in [0.1, 0.15) is 19.8 Å². The van der Waals surface area contributed by atoms with E-state index in [4.69, 9.17) is 10.00 Å². The molecule has 0 heterocycles. The fourth-order valence-electron chi connectivity index (χ4n) is 1.54. The first-order chi connectivity index (χ1) is 9.19. The predicted molar refractivity (Wildman–Crippen MR) is 73.9 cm³/mol. The van der Waals surface area contributed by atoms with E-state index in [0.29, 0.717) is 6.54 Å². The van der Waals surface area contributed by atoms with Crippen LogP contribution in [0.3, 0.4) is 0 Å². The quantitative estimate of drug-likeness (QED) is 0.786. The Kier molecular flexibility index (Phi) is 6.23. The number of carbonyl (C=O) groups is 1. The lowest BCUT2D eigenvalue weighted by atomic mass is 10.2. The van der Waals surface area contributed by atoms with Gasteiger partial charge in [0, 0.05) is 12.2 Å². The molecule has 0 saturated carbocycles. The summed E-state index contributed by atoms with van der Waals surface area (Å²) in [6, 6.07) is 8.77. The molecule has 0 aliphatic heterocycles. The highest BCUT2D eigenvalue weighted by atomic mass is 16.5. The highest BCUT2D eigenvalue weighted by Gasteiger charge is 2.12. The van der Waals surface area contributed by atoms with Crippen LogP contribution in [0.15, 0.2) is 24.3 Å². The average molecular weight is 261 g/mol. The molecule has 0 spiro atoms. The van der Waals surface area contributed by atoms with Crippen molar-refractivity contribution in [2.75, 3.05) is 19.0 Å². The van der Waals surface area contributed by atoms with Gasteiger partial charge in [-0.2, -0.15) is 5.26 Å². The molecule has 0 bridgehead atoms. The van der Waals surface area contributed by atoms with E-state index < -0.39 is 6.04 Å². The molecule has 0 fully saturated rings. The Hall–Kier alpha value is -2.22. The van der Waals surface area contributed by atoms with Crippen LogP contribution in [0.4, 0.5) is 5.69 Å². The Labute approximate surface area is 113 Å². The lowest BCUT2D eigenvalue weighted by Crippen LogP contribution is -2.30. The molecule has 0 radical (unpaired) electrons. The van der Waals surface area contributed by atoms with Crippen LogP contribution in [-0.2, 0) is 4.79 Å². The topological polar surface area (TPSA) is 74.2 Å². The van der Waals surface area contributed by atoms with Crippen molar-refractivity contribution in [2.24, 2.45) is 0 Å². The average Bonchev–Trinajstić information content (AvgIpc) is 2.45. The summed E-state index contributed by atoms with van der Waals surface area (Å²) in [6.07, 6.45) is 1.03. The zero-order chi connectivity index (χ0) is 14.1. The van der Waals surface area contributed by atoms with E-state index >= 15 is 0 Å². The van der Waals surface area contributed by atoms with Crippen LogP contribution in [0.25, 0.3) is 0 Å². The number of anilines is 1. The zero-order valence-electron chi connectivity index (χ0n) is 11.3. The van der Waals surface area contributed by atoms with E-state index in [1.165, 1.54) is 0 Å². The van der Waals surface area contributed by atoms with Gasteiger partial charge in [0.1, 0.15) is 11.8 Å². The highest BCUT2D eigenvalue weighted by Crippen LogP contribution is 2.16. The fourth-order valence-corrected chi connectivity index (χ4v) is 1.54. The van der Waals surface area contributed by atoms with Gasteiger partial charge in [-0.15, -0.1) is 0 Å². The number of rotatable bonds is 7. The first-order valence-electron chi connectivity index (χ1n) is 6.26. The lowest BCUT2D eigenvalue weighted by Gasteiger charge is -2.13. The van der Waals surface area contributed by atoms with Crippen molar-refractivity contribution in [3.05, 3.63) is 24.3 Å². The van der Waals surface area contributed by atoms with Crippen LogP contribution in [0.2, 0.25) is 0 Å². The summed E-state index contributed by atoms with van der Waals surface area (Å²) in [5, 5.41) is 14.8. The maximum absolute atomic E-state index is 11.5. The number of ether oxygens (including phenoxy) is 1. The van der Waals surface area contributed by atoms with Gasteiger partial charge >= 0.3 is 0 Å².